The minimum absolute atomic E-state index is 0.667. The number of rotatable bonds is 6. The fourth-order valence-electron chi connectivity index (χ4n) is 2.42. The van der Waals surface area contributed by atoms with Crippen LogP contribution >= 0.6 is 0 Å². The number of nitrogens with one attached hydrogen (secondary N) is 1. The third-order valence-electron chi connectivity index (χ3n) is 3.74. The van der Waals surface area contributed by atoms with E-state index in [2.05, 4.69) is 53.9 Å². The van der Waals surface area contributed by atoms with Crippen molar-refractivity contribution in [2.45, 2.75) is 54.0 Å². The van der Waals surface area contributed by atoms with Gasteiger partial charge in [0.05, 0.1) is 0 Å². The van der Waals surface area contributed by atoms with E-state index in [0.29, 0.717) is 6.04 Å². The van der Waals surface area contributed by atoms with E-state index in [1.54, 1.807) is 0 Å². The van der Waals surface area contributed by atoms with Gasteiger partial charge in [-0.3, -0.25) is 0 Å². The first-order chi connectivity index (χ1) is 6.45. The predicted molar refractivity (Wildman–Crippen MR) is 65.5 cm³/mol. The summed E-state index contributed by atoms with van der Waals surface area (Å²) in [5, 5.41) is 3.52. The molecule has 0 aromatic carbocycles. The molecule has 0 saturated carbocycles. The second-order valence-corrected chi connectivity index (χ2v) is 5.23. The van der Waals surface area contributed by atoms with Gasteiger partial charge in [-0.2, -0.15) is 0 Å². The summed E-state index contributed by atoms with van der Waals surface area (Å²) in [6, 6.07) is 0.667. The number of hydrogen-bond acceptors (Lipinski definition) is 1. The van der Waals surface area contributed by atoms with Crippen molar-refractivity contribution in [3.63, 3.8) is 0 Å². The van der Waals surface area contributed by atoms with Gasteiger partial charge >= 0.3 is 0 Å². The van der Waals surface area contributed by atoms with Crippen molar-refractivity contribution in [2.24, 2.45) is 23.7 Å². The van der Waals surface area contributed by atoms with E-state index >= 15 is 0 Å². The van der Waals surface area contributed by atoms with Crippen LogP contribution in [0.1, 0.15) is 48.0 Å². The molecule has 0 heterocycles. The zero-order valence-electron chi connectivity index (χ0n) is 11.1. The molecule has 1 nitrogen and oxygen atoms in total. The first-order valence-corrected chi connectivity index (χ1v) is 6.12. The summed E-state index contributed by atoms with van der Waals surface area (Å²) < 4.78 is 0. The van der Waals surface area contributed by atoms with Crippen LogP contribution in [-0.2, 0) is 0 Å². The Balaban J connectivity index is 4.50. The first-order valence-electron chi connectivity index (χ1n) is 6.12. The van der Waals surface area contributed by atoms with Gasteiger partial charge in [-0.1, -0.05) is 48.0 Å². The molecule has 0 aliphatic heterocycles. The highest BCUT2D eigenvalue weighted by Gasteiger charge is 2.27. The van der Waals surface area contributed by atoms with E-state index < -0.39 is 0 Å². The summed E-state index contributed by atoms with van der Waals surface area (Å²) in [4.78, 5) is 0. The Labute approximate surface area is 90.7 Å². The fourth-order valence-corrected chi connectivity index (χ4v) is 2.42. The maximum Gasteiger partial charge on any atom is 0.0123 e. The molecule has 3 atom stereocenters. The molecular weight excluding hydrogens is 170 g/mol. The molecule has 0 bridgehead atoms. The third kappa shape index (κ3) is 3.61. The van der Waals surface area contributed by atoms with Gasteiger partial charge in [0.2, 0.25) is 0 Å². The molecule has 0 fully saturated rings. The van der Waals surface area contributed by atoms with Crippen molar-refractivity contribution in [3.8, 4) is 0 Å². The molecule has 14 heavy (non-hydrogen) atoms. The summed E-state index contributed by atoms with van der Waals surface area (Å²) in [5.41, 5.74) is 0. The molecule has 0 rings (SSSR count). The lowest BCUT2D eigenvalue weighted by atomic mass is 9.76. The molecule has 0 aliphatic rings. The molecule has 0 saturated heterocycles. The van der Waals surface area contributed by atoms with Gasteiger partial charge in [-0.15, -0.1) is 0 Å². The second kappa shape index (κ2) is 6.44. The van der Waals surface area contributed by atoms with E-state index in [9.17, 15) is 0 Å². The summed E-state index contributed by atoms with van der Waals surface area (Å²) >= 11 is 0. The van der Waals surface area contributed by atoms with Crippen LogP contribution in [0.15, 0.2) is 0 Å². The smallest absolute Gasteiger partial charge is 0.0123 e. The first kappa shape index (κ1) is 14.0. The minimum Gasteiger partial charge on any atom is -0.316 e. The largest absolute Gasteiger partial charge is 0.316 e. The average Bonchev–Trinajstić information content (AvgIpc) is 2.11. The van der Waals surface area contributed by atoms with Crippen molar-refractivity contribution < 1.29 is 0 Å². The van der Waals surface area contributed by atoms with Crippen molar-refractivity contribution >= 4 is 0 Å². The molecule has 1 N–H and O–H groups in total. The Hall–Kier alpha value is -0.0400. The molecule has 0 amide bonds. The maximum absolute atomic E-state index is 3.52. The molecule has 3 unspecified atom stereocenters. The van der Waals surface area contributed by atoms with Gasteiger partial charge in [0.1, 0.15) is 0 Å². The SMILES string of the molecule is CCC(C(C)C)C(NC)C(C)C(C)C. The van der Waals surface area contributed by atoms with Crippen LogP contribution < -0.4 is 5.32 Å². The van der Waals surface area contributed by atoms with Gasteiger partial charge < -0.3 is 5.32 Å². The minimum atomic E-state index is 0.667. The molecule has 0 spiro atoms. The van der Waals surface area contributed by atoms with Gasteiger partial charge in [0.25, 0.3) is 0 Å². The third-order valence-corrected chi connectivity index (χ3v) is 3.74. The van der Waals surface area contributed by atoms with Crippen LogP contribution in [0, 0.1) is 23.7 Å². The van der Waals surface area contributed by atoms with Crippen molar-refractivity contribution in [2.75, 3.05) is 7.05 Å². The maximum atomic E-state index is 3.52. The highest BCUT2D eigenvalue weighted by atomic mass is 14.9. The lowest BCUT2D eigenvalue weighted by Crippen LogP contribution is -2.43. The van der Waals surface area contributed by atoms with Gasteiger partial charge in [0, 0.05) is 6.04 Å². The van der Waals surface area contributed by atoms with Crippen molar-refractivity contribution in [1.29, 1.82) is 0 Å². The Bertz CT molecular complexity index is 140. The molecule has 86 valence electrons. The van der Waals surface area contributed by atoms with Gasteiger partial charge in [-0.05, 0) is 30.7 Å². The fraction of sp³-hybridized carbons (Fsp3) is 1.00. The van der Waals surface area contributed by atoms with Gasteiger partial charge in [0.15, 0.2) is 0 Å². The Morgan fingerprint density at radius 1 is 0.929 bits per heavy atom. The standard InChI is InChI=1S/C13H29N/c1-8-12(10(4)5)13(14-7)11(6)9(2)3/h9-14H,8H2,1-7H3. The van der Waals surface area contributed by atoms with E-state index in [1.807, 2.05) is 0 Å². The Morgan fingerprint density at radius 3 is 1.64 bits per heavy atom. The van der Waals surface area contributed by atoms with Crippen LogP contribution in [-0.4, -0.2) is 13.1 Å². The van der Waals surface area contributed by atoms with Crippen LogP contribution in [0.4, 0.5) is 0 Å². The molecule has 0 aromatic rings. The quantitative estimate of drug-likeness (QED) is 0.690. The van der Waals surface area contributed by atoms with E-state index in [0.717, 1.165) is 23.7 Å². The van der Waals surface area contributed by atoms with Crippen molar-refractivity contribution in [3.05, 3.63) is 0 Å². The summed E-state index contributed by atoms with van der Waals surface area (Å²) in [6.07, 6.45) is 1.28. The van der Waals surface area contributed by atoms with E-state index in [4.69, 9.17) is 0 Å². The normalized spacial score (nSPS) is 18.6. The monoisotopic (exact) mass is 199 g/mol. The number of hydrogen-bond donors (Lipinski definition) is 1. The van der Waals surface area contributed by atoms with Crippen LogP contribution in [0.2, 0.25) is 0 Å². The second-order valence-electron chi connectivity index (χ2n) is 5.23. The highest BCUT2D eigenvalue weighted by Crippen LogP contribution is 2.27. The zero-order chi connectivity index (χ0) is 11.3. The molecular formula is C13H29N. The van der Waals surface area contributed by atoms with Crippen LogP contribution in [0.3, 0.4) is 0 Å². The van der Waals surface area contributed by atoms with Crippen molar-refractivity contribution in [1.82, 2.24) is 5.32 Å². The Kier molecular flexibility index (Phi) is 6.43. The van der Waals surface area contributed by atoms with E-state index in [1.165, 1.54) is 6.42 Å². The molecule has 0 aliphatic carbocycles. The zero-order valence-corrected chi connectivity index (χ0v) is 11.1. The summed E-state index contributed by atoms with van der Waals surface area (Å²) in [7, 11) is 2.11. The highest BCUT2D eigenvalue weighted by molar-refractivity contribution is 4.82. The average molecular weight is 199 g/mol. The molecule has 0 radical (unpaired) electrons. The lowest BCUT2D eigenvalue weighted by molar-refractivity contribution is 0.187. The van der Waals surface area contributed by atoms with Crippen LogP contribution in [0.25, 0.3) is 0 Å². The molecule has 0 aromatic heterocycles. The molecule has 1 heteroatoms. The lowest BCUT2D eigenvalue weighted by Gasteiger charge is -2.35. The summed E-state index contributed by atoms with van der Waals surface area (Å²) in [6.45, 7) is 14.0. The summed E-state index contributed by atoms with van der Waals surface area (Å²) in [5.74, 6) is 3.10. The Morgan fingerprint density at radius 2 is 1.43 bits per heavy atom. The predicted octanol–water partition coefficient (Wildman–Crippen LogP) is 3.55. The van der Waals surface area contributed by atoms with Crippen LogP contribution in [0.5, 0.6) is 0 Å². The van der Waals surface area contributed by atoms with E-state index in [-0.39, 0.29) is 0 Å². The van der Waals surface area contributed by atoms with Gasteiger partial charge in [-0.25, -0.2) is 0 Å². The topological polar surface area (TPSA) is 12.0 Å².